The maximum absolute atomic E-state index is 11.8. The molecule has 1 aromatic heterocycles. The average molecular weight is 222 g/mol. The number of Topliss-reactive ketones (excluding diaryl/α,β-unsaturated/α-hetero) is 1. The van der Waals surface area contributed by atoms with Gasteiger partial charge in [-0.1, -0.05) is 27.7 Å². The second-order valence-electron chi connectivity index (χ2n) is 5.49. The van der Waals surface area contributed by atoms with Crippen LogP contribution in [0.2, 0.25) is 0 Å². The van der Waals surface area contributed by atoms with E-state index in [1.54, 1.807) is 6.20 Å². The van der Waals surface area contributed by atoms with Crippen LogP contribution in [0.3, 0.4) is 0 Å². The summed E-state index contributed by atoms with van der Waals surface area (Å²) in [5.41, 5.74) is 0.0687. The van der Waals surface area contributed by atoms with Crippen LogP contribution in [-0.4, -0.2) is 15.3 Å². The molecule has 0 atom stereocenters. The smallest absolute Gasteiger partial charge is 0.140 e. The van der Waals surface area contributed by atoms with Crippen LogP contribution in [0.1, 0.15) is 46.4 Å². The summed E-state index contributed by atoms with van der Waals surface area (Å²) in [6.07, 6.45) is 5.87. The molecule has 0 bridgehead atoms. The predicted octanol–water partition coefficient (Wildman–Crippen LogP) is 2.84. The second kappa shape index (κ2) is 5.28. The van der Waals surface area contributed by atoms with Crippen molar-refractivity contribution < 1.29 is 4.79 Å². The highest BCUT2D eigenvalue weighted by Crippen LogP contribution is 2.19. The minimum atomic E-state index is 0.0687. The van der Waals surface area contributed by atoms with Gasteiger partial charge in [-0.2, -0.15) is 0 Å². The number of hydrogen-bond acceptors (Lipinski definition) is 2. The summed E-state index contributed by atoms with van der Waals surface area (Å²) < 4.78 is 2.07. The average Bonchev–Trinajstić information content (AvgIpc) is 2.50. The van der Waals surface area contributed by atoms with E-state index < -0.39 is 0 Å². The van der Waals surface area contributed by atoms with Crippen molar-refractivity contribution in [2.75, 3.05) is 0 Å². The maximum atomic E-state index is 11.8. The van der Waals surface area contributed by atoms with E-state index in [-0.39, 0.29) is 11.2 Å². The second-order valence-corrected chi connectivity index (χ2v) is 5.49. The van der Waals surface area contributed by atoms with Gasteiger partial charge in [-0.15, -0.1) is 0 Å². The van der Waals surface area contributed by atoms with Gasteiger partial charge in [-0.05, 0) is 11.8 Å². The van der Waals surface area contributed by atoms with Crippen molar-refractivity contribution in [2.24, 2.45) is 5.41 Å². The minimum Gasteiger partial charge on any atom is -0.335 e. The summed E-state index contributed by atoms with van der Waals surface area (Å²) in [6, 6.07) is 0. The first-order valence-electron chi connectivity index (χ1n) is 5.94. The zero-order valence-electron chi connectivity index (χ0n) is 10.8. The molecule has 0 aliphatic rings. The minimum absolute atomic E-state index is 0.0687. The molecule has 3 nitrogen and oxygen atoms in total. The van der Waals surface area contributed by atoms with Crippen LogP contribution in [0.4, 0.5) is 0 Å². The highest BCUT2D eigenvalue weighted by atomic mass is 16.1. The lowest BCUT2D eigenvalue weighted by Gasteiger charge is -2.16. The molecule has 0 spiro atoms. The third-order valence-corrected chi connectivity index (χ3v) is 2.35. The normalized spacial score (nSPS) is 11.8. The third kappa shape index (κ3) is 4.17. The number of carbonyl (C=O) groups excluding carboxylic acids is 1. The Morgan fingerprint density at radius 1 is 1.44 bits per heavy atom. The van der Waals surface area contributed by atoms with Crippen LogP contribution in [0.5, 0.6) is 0 Å². The number of nitrogens with zero attached hydrogens (tertiary/aromatic N) is 2. The number of aromatic nitrogens is 2. The summed E-state index contributed by atoms with van der Waals surface area (Å²) in [7, 11) is 0. The molecule has 1 aromatic rings. The molecule has 0 saturated heterocycles. The molecule has 0 saturated carbocycles. The van der Waals surface area contributed by atoms with Gasteiger partial charge in [0.1, 0.15) is 11.6 Å². The number of hydrogen-bond donors (Lipinski definition) is 0. The fourth-order valence-electron chi connectivity index (χ4n) is 1.78. The van der Waals surface area contributed by atoms with E-state index in [9.17, 15) is 4.79 Å². The lowest BCUT2D eigenvalue weighted by atomic mass is 9.89. The van der Waals surface area contributed by atoms with E-state index in [0.29, 0.717) is 12.8 Å². The fourth-order valence-corrected chi connectivity index (χ4v) is 1.78. The van der Waals surface area contributed by atoms with Gasteiger partial charge in [-0.25, -0.2) is 4.98 Å². The predicted molar refractivity (Wildman–Crippen MR) is 65.3 cm³/mol. The number of imidazole rings is 1. The molecule has 0 aliphatic heterocycles. The molecule has 0 radical (unpaired) electrons. The number of aryl methyl sites for hydroxylation is 1. The molecule has 0 amide bonds. The van der Waals surface area contributed by atoms with Crippen molar-refractivity contribution in [3.05, 3.63) is 18.2 Å². The van der Waals surface area contributed by atoms with Gasteiger partial charge in [0.15, 0.2) is 0 Å². The fraction of sp³-hybridized carbons (Fsp3) is 0.692. The molecular weight excluding hydrogens is 200 g/mol. The van der Waals surface area contributed by atoms with Crippen LogP contribution >= 0.6 is 0 Å². The lowest BCUT2D eigenvalue weighted by Crippen LogP contribution is -2.16. The first-order valence-corrected chi connectivity index (χ1v) is 5.94. The Hall–Kier alpha value is -1.12. The van der Waals surface area contributed by atoms with Crippen LogP contribution in [0.15, 0.2) is 12.4 Å². The SMILES string of the molecule is CCCn1ccnc1CC(=O)CC(C)(C)C. The Balaban J connectivity index is 2.59. The van der Waals surface area contributed by atoms with E-state index in [2.05, 4.69) is 37.2 Å². The van der Waals surface area contributed by atoms with Crippen LogP contribution in [0, 0.1) is 5.41 Å². The molecule has 1 rings (SSSR count). The van der Waals surface area contributed by atoms with Gasteiger partial charge in [0.05, 0.1) is 6.42 Å². The van der Waals surface area contributed by atoms with Gasteiger partial charge in [0.2, 0.25) is 0 Å². The molecule has 3 heteroatoms. The van der Waals surface area contributed by atoms with Crippen molar-refractivity contribution in [3.8, 4) is 0 Å². The van der Waals surface area contributed by atoms with Crippen molar-refractivity contribution in [1.29, 1.82) is 0 Å². The van der Waals surface area contributed by atoms with Gasteiger partial charge < -0.3 is 4.57 Å². The molecule has 0 fully saturated rings. The largest absolute Gasteiger partial charge is 0.335 e. The van der Waals surface area contributed by atoms with E-state index in [1.807, 2.05) is 6.20 Å². The Kier molecular flexibility index (Phi) is 4.27. The van der Waals surface area contributed by atoms with Gasteiger partial charge in [-0.3, -0.25) is 4.79 Å². The molecular formula is C13H22N2O. The molecule has 0 unspecified atom stereocenters. The zero-order valence-corrected chi connectivity index (χ0v) is 10.8. The van der Waals surface area contributed by atoms with Gasteiger partial charge >= 0.3 is 0 Å². The Bertz CT molecular complexity index is 347. The first kappa shape index (κ1) is 12.9. The highest BCUT2D eigenvalue weighted by Gasteiger charge is 2.17. The molecule has 0 aromatic carbocycles. The van der Waals surface area contributed by atoms with E-state index in [1.165, 1.54) is 0 Å². The maximum Gasteiger partial charge on any atom is 0.140 e. The van der Waals surface area contributed by atoms with E-state index >= 15 is 0 Å². The molecule has 0 N–H and O–H groups in total. The van der Waals surface area contributed by atoms with Crippen molar-refractivity contribution in [2.45, 2.75) is 53.5 Å². The highest BCUT2D eigenvalue weighted by molar-refractivity contribution is 5.80. The van der Waals surface area contributed by atoms with Crippen molar-refractivity contribution >= 4 is 5.78 Å². The van der Waals surface area contributed by atoms with Crippen molar-refractivity contribution in [1.82, 2.24) is 9.55 Å². The Morgan fingerprint density at radius 2 is 2.12 bits per heavy atom. The quantitative estimate of drug-likeness (QED) is 0.768. The summed E-state index contributed by atoms with van der Waals surface area (Å²) in [5.74, 6) is 1.17. The summed E-state index contributed by atoms with van der Waals surface area (Å²) in [4.78, 5) is 16.1. The van der Waals surface area contributed by atoms with Crippen molar-refractivity contribution in [3.63, 3.8) is 0 Å². The van der Waals surface area contributed by atoms with E-state index in [0.717, 1.165) is 18.8 Å². The first-order chi connectivity index (χ1) is 7.42. The topological polar surface area (TPSA) is 34.9 Å². The summed E-state index contributed by atoms with van der Waals surface area (Å²) in [5, 5.41) is 0. The van der Waals surface area contributed by atoms with Gasteiger partial charge in [0.25, 0.3) is 0 Å². The number of carbonyl (C=O) groups is 1. The number of ketones is 1. The Labute approximate surface area is 97.9 Å². The van der Waals surface area contributed by atoms with Crippen LogP contribution in [0.25, 0.3) is 0 Å². The molecule has 0 aliphatic carbocycles. The standard InChI is InChI=1S/C13H22N2O/c1-5-7-15-8-6-14-12(15)9-11(16)10-13(2,3)4/h6,8H,5,7,9-10H2,1-4H3. The van der Waals surface area contributed by atoms with Crippen LogP contribution in [-0.2, 0) is 17.8 Å². The zero-order chi connectivity index (χ0) is 12.2. The number of rotatable bonds is 5. The monoisotopic (exact) mass is 222 g/mol. The van der Waals surface area contributed by atoms with Crippen LogP contribution < -0.4 is 0 Å². The van der Waals surface area contributed by atoms with Gasteiger partial charge in [0, 0.05) is 25.4 Å². The summed E-state index contributed by atoms with van der Waals surface area (Å²) in [6.45, 7) is 9.33. The van der Waals surface area contributed by atoms with E-state index in [4.69, 9.17) is 0 Å². The third-order valence-electron chi connectivity index (χ3n) is 2.35. The Morgan fingerprint density at radius 3 is 2.69 bits per heavy atom. The molecule has 16 heavy (non-hydrogen) atoms. The molecule has 1 heterocycles. The molecule has 90 valence electrons. The lowest BCUT2D eigenvalue weighted by molar-refractivity contribution is -0.120. The summed E-state index contributed by atoms with van der Waals surface area (Å²) >= 11 is 0.